The summed E-state index contributed by atoms with van der Waals surface area (Å²) in [5, 5.41) is 7.23. The van der Waals surface area contributed by atoms with Crippen LogP contribution in [0.2, 0.25) is 0 Å². The molecule has 0 spiro atoms. The highest BCUT2D eigenvalue weighted by Gasteiger charge is 2.11. The van der Waals surface area contributed by atoms with Crippen molar-refractivity contribution in [3.8, 4) is 17.1 Å². The van der Waals surface area contributed by atoms with Crippen LogP contribution in [0.15, 0.2) is 77.3 Å². The Morgan fingerprint density at radius 1 is 1.03 bits per heavy atom. The average Bonchev–Trinajstić information content (AvgIpc) is 3.13. The van der Waals surface area contributed by atoms with E-state index in [2.05, 4.69) is 50.6 Å². The monoisotopic (exact) mass is 480 g/mol. The molecule has 0 unspecified atom stereocenters. The molecule has 1 aromatic heterocycles. The first-order valence-electron chi connectivity index (χ1n) is 9.54. The predicted molar refractivity (Wildman–Crippen MR) is 126 cm³/mol. The van der Waals surface area contributed by atoms with Crippen LogP contribution < -0.4 is 10.2 Å². The summed E-state index contributed by atoms with van der Waals surface area (Å²) >= 11 is 8.98. The van der Waals surface area contributed by atoms with Gasteiger partial charge in [-0.2, -0.15) is 5.10 Å². The minimum atomic E-state index is 0.506. The van der Waals surface area contributed by atoms with Crippen molar-refractivity contribution in [1.82, 2.24) is 14.9 Å². The Balaban J connectivity index is 1.55. The number of aryl methyl sites for hydroxylation is 1. The Hall–Kier alpha value is -2.90. The molecule has 0 aliphatic heterocycles. The number of H-pyrrole nitrogens is 1. The molecule has 2 N–H and O–H groups in total. The van der Waals surface area contributed by atoms with E-state index >= 15 is 0 Å². The molecule has 4 rings (SSSR count). The lowest BCUT2D eigenvalue weighted by atomic mass is 10.1. The van der Waals surface area contributed by atoms with Crippen molar-refractivity contribution in [3.05, 3.63) is 98.7 Å². The standard InChI is InChI=1S/C23H21BrN4OS/c1-16-7-5-6-10-18(16)15-29-21-12-11-20(24)13-19(21)14-25-28-22(26-27-23(28)30)17-8-3-2-4-9-17/h2-13,25H,14-15H2,1H3,(H,27,30). The van der Waals surface area contributed by atoms with Crippen LogP contribution in [0.1, 0.15) is 16.7 Å². The van der Waals surface area contributed by atoms with Gasteiger partial charge in [0.1, 0.15) is 12.4 Å². The molecular weight excluding hydrogens is 460 g/mol. The number of aromatic amines is 1. The van der Waals surface area contributed by atoms with E-state index in [1.807, 2.05) is 60.7 Å². The van der Waals surface area contributed by atoms with Crippen LogP contribution in [-0.2, 0) is 13.2 Å². The van der Waals surface area contributed by atoms with Gasteiger partial charge in [0.15, 0.2) is 5.82 Å². The van der Waals surface area contributed by atoms with Crippen LogP contribution in [0.3, 0.4) is 0 Å². The number of benzene rings is 3. The number of nitrogens with zero attached hydrogens (tertiary/aromatic N) is 2. The van der Waals surface area contributed by atoms with Crippen LogP contribution in [0.4, 0.5) is 0 Å². The van der Waals surface area contributed by atoms with E-state index in [1.54, 1.807) is 4.68 Å². The molecule has 30 heavy (non-hydrogen) atoms. The third-order valence-corrected chi connectivity index (χ3v) is 5.57. The molecule has 1 heterocycles. The van der Waals surface area contributed by atoms with Crippen LogP contribution in [0.5, 0.6) is 5.75 Å². The topological polar surface area (TPSA) is 54.9 Å². The smallest absolute Gasteiger partial charge is 0.214 e. The molecule has 0 radical (unpaired) electrons. The zero-order valence-electron chi connectivity index (χ0n) is 16.4. The van der Waals surface area contributed by atoms with E-state index in [0.717, 1.165) is 27.2 Å². The Labute approximate surface area is 188 Å². The Morgan fingerprint density at radius 2 is 1.80 bits per heavy atom. The third-order valence-electron chi connectivity index (χ3n) is 4.80. The van der Waals surface area contributed by atoms with Gasteiger partial charge in [0, 0.05) is 15.6 Å². The fraction of sp³-hybridized carbons (Fsp3) is 0.130. The van der Waals surface area contributed by atoms with Crippen molar-refractivity contribution < 1.29 is 4.74 Å². The molecule has 0 aliphatic rings. The second kappa shape index (κ2) is 9.28. The zero-order chi connectivity index (χ0) is 20.9. The van der Waals surface area contributed by atoms with Gasteiger partial charge in [0.05, 0.1) is 6.54 Å². The van der Waals surface area contributed by atoms with Crippen molar-refractivity contribution in [1.29, 1.82) is 0 Å². The number of hydrogen-bond donors (Lipinski definition) is 2. The number of ether oxygens (including phenoxy) is 1. The lowest BCUT2D eigenvalue weighted by Gasteiger charge is -2.15. The maximum atomic E-state index is 6.15. The molecule has 4 aromatic rings. The molecule has 0 saturated heterocycles. The molecule has 0 bridgehead atoms. The Morgan fingerprint density at radius 3 is 2.60 bits per heavy atom. The number of rotatable bonds is 7. The molecule has 152 valence electrons. The van der Waals surface area contributed by atoms with Gasteiger partial charge < -0.3 is 10.2 Å². The molecular formula is C23H21BrN4OS. The lowest BCUT2D eigenvalue weighted by molar-refractivity contribution is 0.302. The summed E-state index contributed by atoms with van der Waals surface area (Å²) < 4.78 is 9.44. The molecule has 0 saturated carbocycles. The minimum absolute atomic E-state index is 0.506. The fourth-order valence-corrected chi connectivity index (χ4v) is 3.75. The summed E-state index contributed by atoms with van der Waals surface area (Å²) in [6.07, 6.45) is 0. The number of hydrogen-bond acceptors (Lipinski definition) is 4. The van der Waals surface area contributed by atoms with Gasteiger partial charge in [0.2, 0.25) is 4.77 Å². The normalized spacial score (nSPS) is 10.7. The maximum absolute atomic E-state index is 6.15. The third kappa shape index (κ3) is 4.63. The summed E-state index contributed by atoms with van der Waals surface area (Å²) in [5.41, 5.74) is 7.74. The maximum Gasteiger partial charge on any atom is 0.214 e. The molecule has 0 fully saturated rings. The average molecular weight is 481 g/mol. The Bertz CT molecular complexity index is 1200. The van der Waals surface area contributed by atoms with Gasteiger partial charge in [-0.3, -0.25) is 0 Å². The van der Waals surface area contributed by atoms with Crippen LogP contribution in [0, 0.1) is 11.7 Å². The van der Waals surface area contributed by atoms with Gasteiger partial charge in [-0.05, 0) is 48.5 Å². The molecule has 5 nitrogen and oxygen atoms in total. The summed E-state index contributed by atoms with van der Waals surface area (Å²) in [7, 11) is 0. The fourth-order valence-electron chi connectivity index (χ4n) is 3.14. The SMILES string of the molecule is Cc1ccccc1COc1ccc(Br)cc1CNn1c(-c2ccccc2)n[nH]c1=S. The number of halogens is 1. The summed E-state index contributed by atoms with van der Waals surface area (Å²) in [5.74, 6) is 1.56. The highest BCUT2D eigenvalue weighted by Crippen LogP contribution is 2.25. The Kier molecular flexibility index (Phi) is 6.30. The summed E-state index contributed by atoms with van der Waals surface area (Å²) in [6, 6.07) is 24.2. The van der Waals surface area contributed by atoms with E-state index in [9.17, 15) is 0 Å². The minimum Gasteiger partial charge on any atom is -0.489 e. The quantitative estimate of drug-likeness (QED) is 0.318. The van der Waals surface area contributed by atoms with Crippen molar-refractivity contribution in [2.24, 2.45) is 0 Å². The van der Waals surface area contributed by atoms with Crippen LogP contribution >= 0.6 is 28.1 Å². The highest BCUT2D eigenvalue weighted by atomic mass is 79.9. The van der Waals surface area contributed by atoms with Crippen molar-refractivity contribution in [2.45, 2.75) is 20.1 Å². The van der Waals surface area contributed by atoms with Crippen molar-refractivity contribution >= 4 is 28.1 Å². The van der Waals surface area contributed by atoms with Gasteiger partial charge in [-0.25, -0.2) is 9.77 Å². The van der Waals surface area contributed by atoms with E-state index in [1.165, 1.54) is 11.1 Å². The predicted octanol–water partition coefficient (Wildman–Crippen LogP) is 6.00. The van der Waals surface area contributed by atoms with Crippen LogP contribution in [-0.4, -0.2) is 14.9 Å². The molecule has 7 heteroatoms. The zero-order valence-corrected chi connectivity index (χ0v) is 18.8. The number of nitrogens with one attached hydrogen (secondary N) is 2. The van der Waals surface area contributed by atoms with E-state index in [0.29, 0.717) is 17.9 Å². The number of aromatic nitrogens is 3. The first kappa shape index (κ1) is 20.4. The van der Waals surface area contributed by atoms with Crippen molar-refractivity contribution in [3.63, 3.8) is 0 Å². The van der Waals surface area contributed by atoms with Gasteiger partial charge in [-0.15, -0.1) is 0 Å². The van der Waals surface area contributed by atoms with Gasteiger partial charge >= 0.3 is 0 Å². The highest BCUT2D eigenvalue weighted by molar-refractivity contribution is 9.10. The summed E-state index contributed by atoms with van der Waals surface area (Å²) in [6.45, 7) is 3.13. The molecule has 0 amide bonds. The molecule has 3 aromatic carbocycles. The van der Waals surface area contributed by atoms with E-state index in [-0.39, 0.29) is 0 Å². The van der Waals surface area contributed by atoms with E-state index < -0.39 is 0 Å². The van der Waals surface area contributed by atoms with Gasteiger partial charge in [-0.1, -0.05) is 70.5 Å². The lowest BCUT2D eigenvalue weighted by Crippen LogP contribution is -2.16. The second-order valence-electron chi connectivity index (χ2n) is 6.86. The van der Waals surface area contributed by atoms with E-state index in [4.69, 9.17) is 17.0 Å². The first-order valence-corrected chi connectivity index (χ1v) is 10.7. The second-order valence-corrected chi connectivity index (χ2v) is 8.16. The molecule has 0 atom stereocenters. The van der Waals surface area contributed by atoms with Crippen molar-refractivity contribution in [2.75, 3.05) is 5.43 Å². The summed E-state index contributed by atoms with van der Waals surface area (Å²) in [4.78, 5) is 0. The first-order chi connectivity index (χ1) is 14.6. The van der Waals surface area contributed by atoms with Crippen LogP contribution in [0.25, 0.3) is 11.4 Å². The van der Waals surface area contributed by atoms with Gasteiger partial charge in [0.25, 0.3) is 0 Å². The molecule has 0 aliphatic carbocycles. The largest absolute Gasteiger partial charge is 0.489 e.